The Hall–Kier alpha value is -0.630. The smallest absolute Gasteiger partial charge is 0.265 e. The normalized spacial score (nSPS) is 27.2. The predicted molar refractivity (Wildman–Crippen MR) is 114 cm³/mol. The maximum atomic E-state index is 12.9. The number of amides is 1. The zero-order valence-corrected chi connectivity index (χ0v) is 19.3. The molecule has 1 aliphatic heterocycles. The van der Waals surface area contributed by atoms with E-state index in [4.69, 9.17) is 16.3 Å². The Balaban J connectivity index is 1.85. The number of hydrogen-bond donors (Lipinski definition) is 5. The van der Waals surface area contributed by atoms with E-state index in [0.717, 1.165) is 16.9 Å². The minimum Gasteiger partial charge on any atom is -0.394 e. The van der Waals surface area contributed by atoms with Crippen LogP contribution < -0.4 is 5.32 Å². The molecule has 8 nitrogen and oxygen atoms in total. The van der Waals surface area contributed by atoms with E-state index in [9.17, 15) is 25.2 Å². The molecule has 0 saturated carbocycles. The standard InChI is InChI=1S/C17H17Br2ClN2O6S/c18-14(19)9-13(29-17(21-9)6-1-3-7(20)4-2-6)15(27)22-16-12(26)11(25)10(24)8(5-23)28-16/h1-4,8,10-12,14,16,23-26H,5H2,(H,22,27)/t8-,10-,11+,12-,16?/m1/s1. The van der Waals surface area contributed by atoms with E-state index < -0.39 is 46.9 Å². The summed E-state index contributed by atoms with van der Waals surface area (Å²) in [6.07, 6.45) is -7.11. The van der Waals surface area contributed by atoms with Crippen LogP contribution in [0.3, 0.4) is 0 Å². The van der Waals surface area contributed by atoms with Crippen LogP contribution in [-0.2, 0) is 4.74 Å². The van der Waals surface area contributed by atoms with Gasteiger partial charge in [-0.15, -0.1) is 11.3 Å². The Morgan fingerprint density at radius 2 is 1.86 bits per heavy atom. The molecule has 1 aromatic heterocycles. The number of rotatable bonds is 5. The highest BCUT2D eigenvalue weighted by Gasteiger charge is 2.44. The quantitative estimate of drug-likeness (QED) is 0.345. The fourth-order valence-electron chi connectivity index (χ4n) is 2.77. The van der Waals surface area contributed by atoms with E-state index in [-0.39, 0.29) is 4.88 Å². The molecule has 0 radical (unpaired) electrons. The van der Waals surface area contributed by atoms with Gasteiger partial charge in [0.2, 0.25) is 0 Å². The lowest BCUT2D eigenvalue weighted by Gasteiger charge is -2.40. The average Bonchev–Trinajstić information content (AvgIpc) is 3.15. The molecule has 1 fully saturated rings. The number of nitrogens with zero attached hydrogens (tertiary/aromatic N) is 1. The van der Waals surface area contributed by atoms with Crippen LogP contribution in [0.1, 0.15) is 19.1 Å². The summed E-state index contributed by atoms with van der Waals surface area (Å²) >= 11 is 13.7. The van der Waals surface area contributed by atoms with Gasteiger partial charge < -0.3 is 30.5 Å². The highest BCUT2D eigenvalue weighted by molar-refractivity contribution is 9.24. The van der Waals surface area contributed by atoms with Gasteiger partial charge in [-0.2, -0.15) is 0 Å². The molecular weight excluding hydrogens is 556 g/mol. The topological polar surface area (TPSA) is 132 Å². The molecule has 1 aliphatic rings. The fourth-order valence-corrected chi connectivity index (χ4v) is 4.88. The van der Waals surface area contributed by atoms with Gasteiger partial charge in [-0.25, -0.2) is 4.98 Å². The highest BCUT2D eigenvalue weighted by Crippen LogP contribution is 2.38. The number of benzene rings is 1. The first-order valence-corrected chi connectivity index (χ1v) is 11.4. The SMILES string of the molecule is O=C(NC1O[C@H](CO)[C@@H](O)[C@H](O)[C@H]1O)c1sc(-c2ccc(Cl)cc2)nc1C(Br)Br. The van der Waals surface area contributed by atoms with Gasteiger partial charge in [0.15, 0.2) is 6.23 Å². The van der Waals surface area contributed by atoms with Gasteiger partial charge in [0.25, 0.3) is 5.91 Å². The van der Waals surface area contributed by atoms with Crippen molar-refractivity contribution in [1.29, 1.82) is 0 Å². The van der Waals surface area contributed by atoms with Crippen molar-refractivity contribution in [2.75, 3.05) is 6.61 Å². The van der Waals surface area contributed by atoms with E-state index in [0.29, 0.717) is 15.7 Å². The molecule has 0 spiro atoms. The van der Waals surface area contributed by atoms with Crippen molar-refractivity contribution in [3.05, 3.63) is 39.9 Å². The maximum absolute atomic E-state index is 12.9. The minimum atomic E-state index is -1.59. The summed E-state index contributed by atoms with van der Waals surface area (Å²) in [7, 11) is 0. The highest BCUT2D eigenvalue weighted by atomic mass is 79.9. The molecular formula is C17H17Br2ClN2O6S. The van der Waals surface area contributed by atoms with E-state index in [1.54, 1.807) is 24.3 Å². The van der Waals surface area contributed by atoms with Gasteiger partial charge in [-0.05, 0) is 12.1 Å². The average molecular weight is 573 g/mol. The van der Waals surface area contributed by atoms with Gasteiger partial charge in [0.1, 0.15) is 38.0 Å². The van der Waals surface area contributed by atoms with Gasteiger partial charge in [-0.1, -0.05) is 55.6 Å². The monoisotopic (exact) mass is 570 g/mol. The summed E-state index contributed by atoms with van der Waals surface area (Å²) in [6, 6.07) is 6.99. The van der Waals surface area contributed by atoms with Crippen molar-refractivity contribution >= 4 is 60.7 Å². The summed E-state index contributed by atoms with van der Waals surface area (Å²) in [4.78, 5) is 17.6. The van der Waals surface area contributed by atoms with Gasteiger partial charge in [-0.3, -0.25) is 4.79 Å². The molecule has 2 heterocycles. The Bertz CT molecular complexity index is 866. The Kier molecular flexibility index (Phi) is 7.68. The minimum absolute atomic E-state index is 0.255. The third-order valence-electron chi connectivity index (χ3n) is 4.32. The first kappa shape index (κ1) is 23.0. The molecule has 3 rings (SSSR count). The van der Waals surface area contributed by atoms with Crippen molar-refractivity contribution in [2.45, 2.75) is 34.4 Å². The molecule has 2 aromatic rings. The van der Waals surface area contributed by atoms with Crippen LogP contribution in [0.2, 0.25) is 5.02 Å². The van der Waals surface area contributed by atoms with Crippen molar-refractivity contribution in [3.8, 4) is 10.6 Å². The number of nitrogens with one attached hydrogen (secondary N) is 1. The number of ether oxygens (including phenoxy) is 1. The second-order valence-corrected chi connectivity index (χ2v) is 10.8. The van der Waals surface area contributed by atoms with E-state index in [1.807, 2.05) is 0 Å². The zero-order valence-electron chi connectivity index (χ0n) is 14.6. The number of thiazole rings is 1. The summed E-state index contributed by atoms with van der Waals surface area (Å²) < 4.78 is 4.92. The van der Waals surface area contributed by atoms with Crippen molar-refractivity contribution in [2.24, 2.45) is 0 Å². The largest absolute Gasteiger partial charge is 0.394 e. The summed E-state index contributed by atoms with van der Waals surface area (Å²) in [5, 5.41) is 42.8. The molecule has 1 unspecified atom stereocenters. The number of aromatic nitrogens is 1. The van der Waals surface area contributed by atoms with Crippen LogP contribution in [0.4, 0.5) is 0 Å². The maximum Gasteiger partial charge on any atom is 0.265 e. The molecule has 12 heteroatoms. The molecule has 0 aliphatic carbocycles. The van der Waals surface area contributed by atoms with Crippen molar-refractivity contribution in [3.63, 3.8) is 0 Å². The number of aliphatic hydroxyl groups is 4. The molecule has 5 atom stereocenters. The van der Waals surface area contributed by atoms with Crippen LogP contribution in [-0.4, -0.2) is 68.6 Å². The first-order valence-electron chi connectivity index (χ1n) is 8.39. The van der Waals surface area contributed by atoms with E-state index in [1.165, 1.54) is 0 Å². The predicted octanol–water partition coefficient (Wildman–Crippen LogP) is 1.78. The van der Waals surface area contributed by atoms with E-state index in [2.05, 4.69) is 42.2 Å². The van der Waals surface area contributed by atoms with Crippen LogP contribution in [0.15, 0.2) is 24.3 Å². The number of halogens is 3. The van der Waals surface area contributed by atoms with Crippen LogP contribution in [0.25, 0.3) is 10.6 Å². The second-order valence-electron chi connectivity index (χ2n) is 6.26. The van der Waals surface area contributed by atoms with Gasteiger partial charge in [0.05, 0.1) is 12.3 Å². The summed E-state index contributed by atoms with van der Waals surface area (Å²) in [6.45, 7) is -0.589. The summed E-state index contributed by atoms with van der Waals surface area (Å²) in [5.41, 5.74) is 1.19. The Morgan fingerprint density at radius 3 is 2.45 bits per heavy atom. The van der Waals surface area contributed by atoms with Crippen LogP contribution in [0.5, 0.6) is 0 Å². The van der Waals surface area contributed by atoms with Gasteiger partial charge >= 0.3 is 0 Å². The number of aliphatic hydroxyl groups excluding tert-OH is 4. The molecule has 1 amide bonds. The molecule has 1 saturated heterocycles. The van der Waals surface area contributed by atoms with Crippen molar-refractivity contribution in [1.82, 2.24) is 10.3 Å². The Morgan fingerprint density at radius 1 is 1.21 bits per heavy atom. The third kappa shape index (κ3) is 5.00. The van der Waals surface area contributed by atoms with E-state index >= 15 is 0 Å². The summed E-state index contributed by atoms with van der Waals surface area (Å²) in [5.74, 6) is -0.592. The lowest BCUT2D eigenvalue weighted by Crippen LogP contribution is -2.63. The second kappa shape index (κ2) is 9.67. The van der Waals surface area contributed by atoms with Gasteiger partial charge in [0, 0.05) is 10.6 Å². The lowest BCUT2D eigenvalue weighted by molar-refractivity contribution is -0.233. The molecule has 1 aromatic carbocycles. The lowest BCUT2D eigenvalue weighted by atomic mass is 9.98. The number of alkyl halides is 2. The fraction of sp³-hybridized carbons (Fsp3) is 0.412. The zero-order chi connectivity index (χ0) is 21.3. The third-order valence-corrected chi connectivity index (χ3v) is 6.56. The van der Waals surface area contributed by atoms with Crippen LogP contribution in [0, 0.1) is 0 Å². The molecule has 29 heavy (non-hydrogen) atoms. The van der Waals surface area contributed by atoms with Crippen LogP contribution >= 0.6 is 54.8 Å². The first-order chi connectivity index (χ1) is 13.7. The molecule has 158 valence electrons. The number of hydrogen-bond acceptors (Lipinski definition) is 8. The van der Waals surface area contributed by atoms with Crippen molar-refractivity contribution < 1.29 is 30.0 Å². The molecule has 5 N–H and O–H groups in total. The number of carbonyl (C=O) groups excluding carboxylic acids is 1. The Labute approximate surface area is 191 Å². The molecule has 0 bridgehead atoms. The number of carbonyl (C=O) groups is 1.